The molecule has 132 valence electrons. The Kier molecular flexibility index (Phi) is 7.17. The summed E-state index contributed by atoms with van der Waals surface area (Å²) < 4.78 is 0. The number of amides is 2. The number of halogens is 2. The van der Waals surface area contributed by atoms with Crippen molar-refractivity contribution in [1.29, 1.82) is 0 Å². The number of benzene rings is 2. The summed E-state index contributed by atoms with van der Waals surface area (Å²) in [6.07, 6.45) is 0. The predicted octanol–water partition coefficient (Wildman–Crippen LogP) is 4.86. The molecule has 2 aromatic carbocycles. The zero-order valence-corrected chi connectivity index (χ0v) is 16.1. The highest BCUT2D eigenvalue weighted by molar-refractivity contribution is 8.00. The van der Waals surface area contributed by atoms with Crippen LogP contribution in [0.3, 0.4) is 0 Å². The average molecular weight is 397 g/mol. The third-order valence-electron chi connectivity index (χ3n) is 3.12. The van der Waals surface area contributed by atoms with Crippen LogP contribution in [0.5, 0.6) is 0 Å². The van der Waals surface area contributed by atoms with Gasteiger partial charge >= 0.3 is 0 Å². The first-order valence-electron chi connectivity index (χ1n) is 7.64. The zero-order valence-electron chi connectivity index (χ0n) is 13.8. The summed E-state index contributed by atoms with van der Waals surface area (Å²) in [6.45, 7) is 3.81. The van der Waals surface area contributed by atoms with Crippen LogP contribution in [0.2, 0.25) is 10.0 Å². The second-order valence-corrected chi connectivity index (χ2v) is 7.42. The van der Waals surface area contributed by atoms with E-state index in [0.717, 1.165) is 4.90 Å². The number of thioether (sulfide) groups is 1. The minimum atomic E-state index is -0.272. The van der Waals surface area contributed by atoms with E-state index in [4.69, 9.17) is 23.2 Å². The monoisotopic (exact) mass is 396 g/mol. The average Bonchev–Trinajstić information content (AvgIpc) is 2.56. The first kappa shape index (κ1) is 19.6. The summed E-state index contributed by atoms with van der Waals surface area (Å²) in [4.78, 5) is 25.1. The highest BCUT2D eigenvalue weighted by atomic mass is 35.5. The van der Waals surface area contributed by atoms with E-state index in [0.29, 0.717) is 21.3 Å². The maximum absolute atomic E-state index is 12.6. The normalized spacial score (nSPS) is 10.6. The van der Waals surface area contributed by atoms with Gasteiger partial charge in [-0.3, -0.25) is 9.59 Å². The Bertz CT molecular complexity index is 781. The molecule has 0 aliphatic carbocycles. The molecule has 2 rings (SSSR count). The smallest absolute Gasteiger partial charge is 0.256 e. The summed E-state index contributed by atoms with van der Waals surface area (Å²) in [6, 6.07) is 12.1. The number of rotatable bonds is 6. The minimum Gasteiger partial charge on any atom is -0.353 e. The largest absolute Gasteiger partial charge is 0.353 e. The van der Waals surface area contributed by atoms with Gasteiger partial charge < -0.3 is 10.6 Å². The Morgan fingerprint density at radius 2 is 1.80 bits per heavy atom. The molecule has 2 N–H and O–H groups in total. The van der Waals surface area contributed by atoms with Crippen molar-refractivity contribution in [2.75, 3.05) is 11.1 Å². The van der Waals surface area contributed by atoms with Crippen molar-refractivity contribution in [1.82, 2.24) is 5.32 Å². The Hall–Kier alpha value is -1.69. The van der Waals surface area contributed by atoms with E-state index in [1.54, 1.807) is 30.3 Å². The van der Waals surface area contributed by atoms with Gasteiger partial charge in [0.1, 0.15) is 0 Å². The molecule has 0 saturated heterocycles. The van der Waals surface area contributed by atoms with Gasteiger partial charge in [0.15, 0.2) is 0 Å². The highest BCUT2D eigenvalue weighted by Crippen LogP contribution is 2.27. The van der Waals surface area contributed by atoms with Crippen LogP contribution in [-0.2, 0) is 4.79 Å². The van der Waals surface area contributed by atoms with E-state index >= 15 is 0 Å². The van der Waals surface area contributed by atoms with Gasteiger partial charge in [-0.15, -0.1) is 11.8 Å². The van der Waals surface area contributed by atoms with Gasteiger partial charge in [0.2, 0.25) is 5.91 Å². The molecule has 0 aromatic heterocycles. The fraction of sp³-hybridized carbons (Fsp3) is 0.222. The number of nitrogens with one attached hydrogen (secondary N) is 2. The number of carbonyl (C=O) groups is 2. The first-order chi connectivity index (χ1) is 11.9. The minimum absolute atomic E-state index is 0.0697. The standard InChI is InChI=1S/C18H18Cl2N2O2S/c1-11(2)21-17(23)10-25-16-6-4-3-5-13(16)18(24)22-12-7-8-14(19)15(20)9-12/h3-9,11H,10H2,1-2H3,(H,21,23)(H,22,24). The van der Waals surface area contributed by atoms with E-state index < -0.39 is 0 Å². The lowest BCUT2D eigenvalue weighted by atomic mass is 10.2. The number of anilines is 1. The van der Waals surface area contributed by atoms with E-state index in [1.807, 2.05) is 26.0 Å². The molecular weight excluding hydrogens is 379 g/mol. The van der Waals surface area contributed by atoms with Crippen molar-refractivity contribution in [3.05, 3.63) is 58.1 Å². The van der Waals surface area contributed by atoms with E-state index in [2.05, 4.69) is 10.6 Å². The molecule has 0 atom stereocenters. The molecule has 0 radical (unpaired) electrons. The summed E-state index contributed by atoms with van der Waals surface area (Å²) in [5.41, 5.74) is 1.05. The topological polar surface area (TPSA) is 58.2 Å². The maximum atomic E-state index is 12.6. The number of hydrogen-bond donors (Lipinski definition) is 2. The second kappa shape index (κ2) is 9.13. The lowest BCUT2D eigenvalue weighted by Crippen LogP contribution is -2.31. The summed E-state index contributed by atoms with van der Waals surface area (Å²) in [7, 11) is 0. The highest BCUT2D eigenvalue weighted by Gasteiger charge is 2.14. The quantitative estimate of drug-likeness (QED) is 0.685. The molecule has 0 heterocycles. The van der Waals surface area contributed by atoms with Crippen LogP contribution in [0.1, 0.15) is 24.2 Å². The molecule has 0 aliphatic rings. The van der Waals surface area contributed by atoms with Gasteiger partial charge in [0.25, 0.3) is 5.91 Å². The van der Waals surface area contributed by atoms with Crippen LogP contribution >= 0.6 is 35.0 Å². The second-order valence-electron chi connectivity index (χ2n) is 5.59. The Balaban J connectivity index is 2.09. The lowest BCUT2D eigenvalue weighted by Gasteiger charge is -2.11. The third-order valence-corrected chi connectivity index (χ3v) is 4.93. The molecule has 0 saturated carbocycles. The van der Waals surface area contributed by atoms with Gasteiger partial charge in [0, 0.05) is 16.6 Å². The summed E-state index contributed by atoms with van der Waals surface area (Å²) in [5, 5.41) is 6.41. The first-order valence-corrected chi connectivity index (χ1v) is 9.38. The Labute approximate surface area is 161 Å². The van der Waals surface area contributed by atoms with Gasteiger partial charge in [0.05, 0.1) is 21.4 Å². The molecule has 0 spiro atoms. The Morgan fingerprint density at radius 3 is 2.48 bits per heavy atom. The van der Waals surface area contributed by atoms with Crippen LogP contribution in [0.4, 0.5) is 5.69 Å². The number of hydrogen-bond acceptors (Lipinski definition) is 3. The van der Waals surface area contributed by atoms with Crippen molar-refractivity contribution >= 4 is 52.5 Å². The molecule has 7 heteroatoms. The third kappa shape index (κ3) is 5.96. The molecule has 25 heavy (non-hydrogen) atoms. The molecular formula is C18H18Cl2N2O2S. The molecule has 0 unspecified atom stereocenters. The molecule has 2 aromatic rings. The van der Waals surface area contributed by atoms with Crippen LogP contribution in [0.15, 0.2) is 47.4 Å². The molecule has 0 fully saturated rings. The number of carbonyl (C=O) groups excluding carboxylic acids is 2. The van der Waals surface area contributed by atoms with Crippen molar-refractivity contribution in [2.45, 2.75) is 24.8 Å². The van der Waals surface area contributed by atoms with Gasteiger partial charge in [-0.2, -0.15) is 0 Å². The summed E-state index contributed by atoms with van der Waals surface area (Å²) >= 11 is 13.2. The molecule has 4 nitrogen and oxygen atoms in total. The van der Waals surface area contributed by atoms with E-state index in [9.17, 15) is 9.59 Å². The molecule has 0 aliphatic heterocycles. The SMILES string of the molecule is CC(C)NC(=O)CSc1ccccc1C(=O)Nc1ccc(Cl)c(Cl)c1. The Morgan fingerprint density at radius 1 is 1.08 bits per heavy atom. The fourth-order valence-corrected chi connectivity index (χ4v) is 3.22. The lowest BCUT2D eigenvalue weighted by molar-refractivity contribution is -0.119. The van der Waals surface area contributed by atoms with Crippen molar-refractivity contribution in [3.8, 4) is 0 Å². The van der Waals surface area contributed by atoms with Gasteiger partial charge in [-0.05, 0) is 44.2 Å². The van der Waals surface area contributed by atoms with E-state index in [-0.39, 0.29) is 23.6 Å². The zero-order chi connectivity index (χ0) is 18.4. The predicted molar refractivity (Wildman–Crippen MR) is 105 cm³/mol. The van der Waals surface area contributed by atoms with Crippen LogP contribution in [0.25, 0.3) is 0 Å². The van der Waals surface area contributed by atoms with Crippen LogP contribution in [-0.4, -0.2) is 23.6 Å². The van der Waals surface area contributed by atoms with Crippen molar-refractivity contribution in [2.24, 2.45) is 0 Å². The molecule has 0 bridgehead atoms. The maximum Gasteiger partial charge on any atom is 0.256 e. The van der Waals surface area contributed by atoms with Crippen LogP contribution < -0.4 is 10.6 Å². The summed E-state index contributed by atoms with van der Waals surface area (Å²) in [5.74, 6) is -0.0969. The van der Waals surface area contributed by atoms with E-state index in [1.165, 1.54) is 11.8 Å². The van der Waals surface area contributed by atoms with Crippen molar-refractivity contribution < 1.29 is 9.59 Å². The fourth-order valence-electron chi connectivity index (χ4n) is 2.06. The molecule has 2 amide bonds. The van der Waals surface area contributed by atoms with Gasteiger partial charge in [-0.25, -0.2) is 0 Å². The van der Waals surface area contributed by atoms with Crippen LogP contribution in [0, 0.1) is 0 Å². The van der Waals surface area contributed by atoms with Gasteiger partial charge in [-0.1, -0.05) is 35.3 Å². The van der Waals surface area contributed by atoms with Crippen molar-refractivity contribution in [3.63, 3.8) is 0 Å².